The zero-order valence-electron chi connectivity index (χ0n) is 10.6. The molecule has 0 bridgehead atoms. The number of hydrogen-bond donors (Lipinski definition) is 3. The maximum Gasteiger partial charge on any atom is 0.294 e. The second-order valence-electron chi connectivity index (χ2n) is 4.65. The van der Waals surface area contributed by atoms with Gasteiger partial charge in [0, 0.05) is 23.2 Å². The first-order chi connectivity index (χ1) is 8.77. The summed E-state index contributed by atoms with van der Waals surface area (Å²) in [5, 5.41) is 14.1. The molecule has 2 aromatic carbocycles. The summed E-state index contributed by atoms with van der Waals surface area (Å²) in [5.41, 5.74) is 0.687. The van der Waals surface area contributed by atoms with Gasteiger partial charge in [-0.1, -0.05) is 0 Å². The molecule has 102 valence electrons. The normalized spacial score (nSPS) is 12.0. The molecule has 0 radical (unpaired) electrons. The molecule has 0 aliphatic carbocycles. The highest BCUT2D eigenvalue weighted by Crippen LogP contribution is 2.31. The summed E-state index contributed by atoms with van der Waals surface area (Å²) in [6.45, 7) is 3.91. The summed E-state index contributed by atoms with van der Waals surface area (Å²) >= 11 is 0. The Morgan fingerprint density at radius 2 is 1.84 bits per heavy atom. The van der Waals surface area contributed by atoms with Gasteiger partial charge < -0.3 is 10.4 Å². The molecule has 0 fully saturated rings. The largest absolute Gasteiger partial charge is 0.507 e. The molecule has 6 heteroatoms. The highest BCUT2D eigenvalue weighted by molar-refractivity contribution is 7.85. The molecule has 0 aromatic heterocycles. The fourth-order valence-electron chi connectivity index (χ4n) is 1.90. The smallest absolute Gasteiger partial charge is 0.294 e. The number of nitrogens with one attached hydrogen (secondary N) is 1. The average molecular weight is 281 g/mol. The Balaban J connectivity index is 2.63. The van der Waals surface area contributed by atoms with Crippen LogP contribution < -0.4 is 5.32 Å². The lowest BCUT2D eigenvalue weighted by Crippen LogP contribution is -2.09. The van der Waals surface area contributed by atoms with E-state index in [1.165, 1.54) is 18.2 Å². The number of benzene rings is 2. The summed E-state index contributed by atoms with van der Waals surface area (Å²) in [6, 6.07) is 7.54. The summed E-state index contributed by atoms with van der Waals surface area (Å²) in [6.07, 6.45) is 0. The molecule has 19 heavy (non-hydrogen) atoms. The number of hydrogen-bond acceptors (Lipinski definition) is 4. The van der Waals surface area contributed by atoms with E-state index in [1.54, 1.807) is 12.1 Å². The van der Waals surface area contributed by atoms with Crippen molar-refractivity contribution in [2.45, 2.75) is 24.8 Å². The van der Waals surface area contributed by atoms with Gasteiger partial charge >= 0.3 is 0 Å². The van der Waals surface area contributed by atoms with Crippen molar-refractivity contribution in [3.8, 4) is 5.75 Å². The number of rotatable bonds is 3. The number of phenolic OH excluding ortho intramolecular Hbond substituents is 1. The molecule has 0 unspecified atom stereocenters. The van der Waals surface area contributed by atoms with Crippen molar-refractivity contribution < 1.29 is 18.1 Å². The van der Waals surface area contributed by atoms with Gasteiger partial charge in [0.25, 0.3) is 10.1 Å². The third-order valence-corrected chi connectivity index (χ3v) is 3.51. The van der Waals surface area contributed by atoms with Crippen molar-refractivity contribution in [1.82, 2.24) is 0 Å². The molecule has 0 aliphatic heterocycles. The minimum absolute atomic E-state index is 0.0579. The van der Waals surface area contributed by atoms with Crippen molar-refractivity contribution in [3.05, 3.63) is 30.3 Å². The third kappa shape index (κ3) is 2.97. The van der Waals surface area contributed by atoms with Crippen LogP contribution in [0.15, 0.2) is 35.2 Å². The van der Waals surface area contributed by atoms with E-state index in [2.05, 4.69) is 5.32 Å². The summed E-state index contributed by atoms with van der Waals surface area (Å²) in [7, 11) is -4.25. The molecule has 0 amide bonds. The van der Waals surface area contributed by atoms with Crippen molar-refractivity contribution in [2.24, 2.45) is 0 Å². The van der Waals surface area contributed by atoms with Gasteiger partial charge in [-0.2, -0.15) is 8.42 Å². The Kier molecular flexibility index (Phi) is 3.38. The van der Waals surface area contributed by atoms with E-state index in [0.29, 0.717) is 16.5 Å². The zero-order chi connectivity index (χ0) is 14.2. The second-order valence-corrected chi connectivity index (χ2v) is 6.07. The van der Waals surface area contributed by atoms with Gasteiger partial charge in [0.15, 0.2) is 0 Å². The lowest BCUT2D eigenvalue weighted by molar-refractivity contribution is 0.480. The van der Waals surface area contributed by atoms with Gasteiger partial charge in [-0.05, 0) is 43.5 Å². The van der Waals surface area contributed by atoms with E-state index in [0.717, 1.165) is 0 Å². The van der Waals surface area contributed by atoms with Crippen LogP contribution in [0, 0.1) is 0 Å². The summed E-state index contributed by atoms with van der Waals surface area (Å²) in [4.78, 5) is -0.193. The molecule has 2 rings (SSSR count). The second kappa shape index (κ2) is 4.71. The third-order valence-electron chi connectivity index (χ3n) is 2.66. The van der Waals surface area contributed by atoms with Crippen LogP contribution in [0.25, 0.3) is 10.8 Å². The number of fused-ring (bicyclic) bond motifs is 1. The standard InChI is InChI=1S/C13H15NO4S/c1-8(2)14-10-5-9-6-11(19(16,17)18)3-4-12(9)13(15)7-10/h3-8,14-15H,1-2H3,(H,16,17,18). The first kappa shape index (κ1) is 13.6. The van der Waals surface area contributed by atoms with Crippen LogP contribution in [0.2, 0.25) is 0 Å². The molecule has 0 spiro atoms. The zero-order valence-corrected chi connectivity index (χ0v) is 11.4. The maximum absolute atomic E-state index is 11.1. The van der Waals surface area contributed by atoms with E-state index in [-0.39, 0.29) is 16.7 Å². The lowest BCUT2D eigenvalue weighted by atomic mass is 10.1. The fourth-order valence-corrected chi connectivity index (χ4v) is 2.42. The molecule has 5 nitrogen and oxygen atoms in total. The first-order valence-corrected chi connectivity index (χ1v) is 7.22. The van der Waals surface area contributed by atoms with E-state index < -0.39 is 10.1 Å². The Morgan fingerprint density at radius 1 is 1.16 bits per heavy atom. The molecule has 3 N–H and O–H groups in total. The lowest BCUT2D eigenvalue weighted by Gasteiger charge is -2.12. The number of aromatic hydroxyl groups is 1. The minimum Gasteiger partial charge on any atom is -0.507 e. The highest BCUT2D eigenvalue weighted by Gasteiger charge is 2.12. The van der Waals surface area contributed by atoms with Crippen LogP contribution in [-0.4, -0.2) is 24.1 Å². The van der Waals surface area contributed by atoms with Gasteiger partial charge in [-0.25, -0.2) is 0 Å². The Hall–Kier alpha value is -1.79. The number of phenols is 1. The molecule has 0 saturated heterocycles. The van der Waals surface area contributed by atoms with E-state index >= 15 is 0 Å². The molecular formula is C13H15NO4S. The van der Waals surface area contributed by atoms with Crippen molar-refractivity contribution in [2.75, 3.05) is 5.32 Å². The maximum atomic E-state index is 11.1. The topological polar surface area (TPSA) is 86.6 Å². The van der Waals surface area contributed by atoms with Crippen LogP contribution >= 0.6 is 0 Å². The molecule has 0 heterocycles. The van der Waals surface area contributed by atoms with Gasteiger partial charge in [0.05, 0.1) is 4.90 Å². The van der Waals surface area contributed by atoms with Crippen molar-refractivity contribution in [3.63, 3.8) is 0 Å². The van der Waals surface area contributed by atoms with Crippen LogP contribution in [0.5, 0.6) is 5.75 Å². The van der Waals surface area contributed by atoms with E-state index in [9.17, 15) is 13.5 Å². The van der Waals surface area contributed by atoms with Crippen LogP contribution in [-0.2, 0) is 10.1 Å². The number of anilines is 1. The van der Waals surface area contributed by atoms with Gasteiger partial charge in [-0.15, -0.1) is 0 Å². The van der Waals surface area contributed by atoms with E-state index in [1.807, 2.05) is 13.8 Å². The van der Waals surface area contributed by atoms with E-state index in [4.69, 9.17) is 4.55 Å². The molecule has 0 saturated carbocycles. The average Bonchev–Trinajstić information content (AvgIpc) is 2.26. The first-order valence-electron chi connectivity index (χ1n) is 5.78. The summed E-state index contributed by atoms with van der Waals surface area (Å²) in [5.74, 6) is 0.0579. The monoisotopic (exact) mass is 281 g/mol. The fraction of sp³-hybridized carbons (Fsp3) is 0.231. The Bertz CT molecular complexity index is 723. The molecule has 0 atom stereocenters. The summed E-state index contributed by atoms with van der Waals surface area (Å²) < 4.78 is 31.2. The Morgan fingerprint density at radius 3 is 2.42 bits per heavy atom. The van der Waals surface area contributed by atoms with Crippen LogP contribution in [0.3, 0.4) is 0 Å². The quantitative estimate of drug-likeness (QED) is 0.753. The molecular weight excluding hydrogens is 266 g/mol. The molecule has 0 aliphatic rings. The highest BCUT2D eigenvalue weighted by atomic mass is 32.2. The van der Waals surface area contributed by atoms with Crippen molar-refractivity contribution >= 4 is 26.6 Å². The van der Waals surface area contributed by atoms with Crippen LogP contribution in [0.4, 0.5) is 5.69 Å². The van der Waals surface area contributed by atoms with Gasteiger partial charge in [0.1, 0.15) is 5.75 Å². The van der Waals surface area contributed by atoms with Crippen molar-refractivity contribution in [1.29, 1.82) is 0 Å². The minimum atomic E-state index is -4.25. The Labute approximate surface area is 111 Å². The van der Waals surface area contributed by atoms with Gasteiger partial charge in [0.2, 0.25) is 0 Å². The van der Waals surface area contributed by atoms with Crippen LogP contribution in [0.1, 0.15) is 13.8 Å². The predicted molar refractivity (Wildman–Crippen MR) is 74.2 cm³/mol. The SMILES string of the molecule is CC(C)Nc1cc(O)c2ccc(S(=O)(=O)O)cc2c1. The molecule has 2 aromatic rings. The van der Waals surface area contributed by atoms with Gasteiger partial charge in [-0.3, -0.25) is 4.55 Å². The predicted octanol–water partition coefficient (Wildman–Crippen LogP) is 2.61.